The van der Waals surface area contributed by atoms with Crippen molar-refractivity contribution >= 4 is 38.8 Å². The number of thioether (sulfide) groups is 1. The predicted octanol–water partition coefficient (Wildman–Crippen LogP) is 3.82. The molecular formula is C23H33N3O5S2. The van der Waals surface area contributed by atoms with E-state index in [0.717, 1.165) is 50.6 Å². The van der Waals surface area contributed by atoms with E-state index >= 15 is 0 Å². The van der Waals surface area contributed by atoms with Crippen LogP contribution in [0.15, 0.2) is 28.3 Å². The summed E-state index contributed by atoms with van der Waals surface area (Å²) in [6.07, 6.45) is 5.68. The number of nitrogens with zero attached hydrogens (tertiary/aromatic N) is 3. The molecule has 2 atom stereocenters. The lowest BCUT2D eigenvalue weighted by atomic mass is 10.2. The first kappa shape index (κ1) is 24.5. The second kappa shape index (κ2) is 10.8. The van der Waals surface area contributed by atoms with Gasteiger partial charge in [-0.2, -0.15) is 4.31 Å². The third-order valence-corrected chi connectivity index (χ3v) is 9.12. The van der Waals surface area contributed by atoms with E-state index in [-0.39, 0.29) is 17.0 Å². The van der Waals surface area contributed by atoms with Crippen molar-refractivity contribution in [3.63, 3.8) is 0 Å². The number of aromatic nitrogens is 2. The zero-order valence-electron chi connectivity index (χ0n) is 19.4. The average molecular weight is 496 g/mol. The fraction of sp³-hybridized carbons (Fsp3) is 0.652. The van der Waals surface area contributed by atoms with Crippen LogP contribution < -0.4 is 0 Å². The third kappa shape index (κ3) is 5.55. The fourth-order valence-corrected chi connectivity index (χ4v) is 6.69. The van der Waals surface area contributed by atoms with E-state index in [9.17, 15) is 13.2 Å². The summed E-state index contributed by atoms with van der Waals surface area (Å²) >= 11 is 1.35. The van der Waals surface area contributed by atoms with Crippen LogP contribution in [-0.2, 0) is 30.8 Å². The quantitative estimate of drug-likeness (QED) is 0.281. The van der Waals surface area contributed by atoms with Gasteiger partial charge in [-0.1, -0.05) is 25.1 Å². The molecule has 2 saturated heterocycles. The molecule has 2 aliphatic rings. The highest BCUT2D eigenvalue weighted by molar-refractivity contribution is 8.00. The summed E-state index contributed by atoms with van der Waals surface area (Å²) in [5, 5.41) is 0.255. The molecule has 1 aromatic heterocycles. The summed E-state index contributed by atoms with van der Waals surface area (Å²) < 4.78 is 40.9. The van der Waals surface area contributed by atoms with E-state index in [1.54, 1.807) is 16.4 Å². The highest BCUT2D eigenvalue weighted by Crippen LogP contribution is 2.31. The van der Waals surface area contributed by atoms with Crippen molar-refractivity contribution in [2.75, 3.05) is 26.3 Å². The first-order valence-electron chi connectivity index (χ1n) is 11.9. The minimum absolute atomic E-state index is 0.0848. The maximum Gasteiger partial charge on any atom is 0.319 e. The molecule has 2 aromatic rings. The van der Waals surface area contributed by atoms with Crippen LogP contribution in [0.25, 0.3) is 11.0 Å². The van der Waals surface area contributed by atoms with Crippen molar-refractivity contribution in [1.29, 1.82) is 0 Å². The molecule has 3 heterocycles. The van der Waals surface area contributed by atoms with Gasteiger partial charge in [0.1, 0.15) is 5.25 Å². The van der Waals surface area contributed by atoms with Crippen molar-refractivity contribution in [1.82, 2.24) is 13.9 Å². The van der Waals surface area contributed by atoms with E-state index in [1.165, 1.54) is 11.8 Å². The van der Waals surface area contributed by atoms with E-state index < -0.39 is 15.3 Å². The van der Waals surface area contributed by atoms with Gasteiger partial charge in [-0.15, -0.1) is 0 Å². The van der Waals surface area contributed by atoms with E-state index in [1.807, 2.05) is 13.0 Å². The minimum Gasteiger partial charge on any atom is -0.465 e. The van der Waals surface area contributed by atoms with Crippen LogP contribution in [0.2, 0.25) is 0 Å². The maximum atomic E-state index is 13.0. The van der Waals surface area contributed by atoms with Gasteiger partial charge in [-0.25, -0.2) is 13.4 Å². The monoisotopic (exact) mass is 495 g/mol. The highest BCUT2D eigenvalue weighted by Gasteiger charge is 2.29. The largest absolute Gasteiger partial charge is 0.465 e. The number of unbranched alkanes of at least 4 members (excludes halogenated alkanes) is 1. The van der Waals surface area contributed by atoms with Gasteiger partial charge in [0.15, 0.2) is 5.16 Å². The fourth-order valence-electron chi connectivity index (χ4n) is 4.22. The predicted molar refractivity (Wildman–Crippen MR) is 128 cm³/mol. The van der Waals surface area contributed by atoms with Gasteiger partial charge in [-0.3, -0.25) is 4.79 Å². The Morgan fingerprint density at radius 3 is 2.79 bits per heavy atom. The number of carbonyl (C=O) groups is 1. The Morgan fingerprint density at radius 1 is 1.30 bits per heavy atom. The Bertz CT molecular complexity index is 1070. The van der Waals surface area contributed by atoms with Crippen molar-refractivity contribution in [2.45, 2.75) is 80.3 Å². The second-order valence-electron chi connectivity index (χ2n) is 8.68. The Labute approximate surface area is 200 Å². The topological polar surface area (TPSA) is 90.7 Å². The van der Waals surface area contributed by atoms with Crippen LogP contribution in [0.1, 0.15) is 52.4 Å². The number of esters is 1. The molecule has 0 amide bonds. The van der Waals surface area contributed by atoms with E-state index in [0.29, 0.717) is 36.9 Å². The Balaban J connectivity index is 1.63. The smallest absolute Gasteiger partial charge is 0.319 e. The van der Waals surface area contributed by atoms with Gasteiger partial charge in [0.25, 0.3) is 0 Å². The summed E-state index contributed by atoms with van der Waals surface area (Å²) in [4.78, 5) is 17.5. The number of ether oxygens (including phenoxy) is 2. The van der Waals surface area contributed by atoms with Gasteiger partial charge < -0.3 is 14.0 Å². The Hall–Kier alpha value is -1.62. The van der Waals surface area contributed by atoms with Crippen LogP contribution in [0.4, 0.5) is 0 Å². The first-order valence-corrected chi connectivity index (χ1v) is 14.2. The lowest BCUT2D eigenvalue weighted by molar-refractivity contribution is -0.142. The number of imidazole rings is 1. The van der Waals surface area contributed by atoms with Gasteiger partial charge in [0, 0.05) is 19.7 Å². The summed E-state index contributed by atoms with van der Waals surface area (Å²) in [5.74, 6) is -0.263. The SMILES string of the molecule is CCCCOC(=O)[C@@H](C)Sc1nc2cc(S(=O)(=O)N3CCCC3)ccc2n1C[C@H]1CCCO1. The molecule has 0 aliphatic carbocycles. The molecule has 33 heavy (non-hydrogen) atoms. The molecule has 0 saturated carbocycles. The summed E-state index contributed by atoms with van der Waals surface area (Å²) in [5.41, 5.74) is 1.46. The molecule has 2 aliphatic heterocycles. The number of hydrogen-bond donors (Lipinski definition) is 0. The van der Waals surface area contributed by atoms with Gasteiger partial charge in [0.2, 0.25) is 10.0 Å². The lowest BCUT2D eigenvalue weighted by Crippen LogP contribution is -2.27. The van der Waals surface area contributed by atoms with Gasteiger partial charge >= 0.3 is 5.97 Å². The lowest BCUT2D eigenvalue weighted by Gasteiger charge is -2.16. The van der Waals surface area contributed by atoms with Crippen molar-refractivity contribution in [3.8, 4) is 0 Å². The summed E-state index contributed by atoms with van der Waals surface area (Å²) in [7, 11) is -3.53. The van der Waals surface area contributed by atoms with Crippen LogP contribution in [-0.4, -0.2) is 65.9 Å². The number of hydrogen-bond acceptors (Lipinski definition) is 7. The molecule has 0 N–H and O–H groups in total. The normalized spacial score (nSPS) is 20.5. The van der Waals surface area contributed by atoms with Crippen LogP contribution >= 0.6 is 11.8 Å². The van der Waals surface area contributed by atoms with Crippen molar-refractivity contribution in [3.05, 3.63) is 18.2 Å². The molecule has 2 fully saturated rings. The third-order valence-electron chi connectivity index (χ3n) is 6.15. The molecule has 4 rings (SSSR count). The van der Waals surface area contributed by atoms with E-state index in [4.69, 9.17) is 14.5 Å². The first-order chi connectivity index (χ1) is 15.9. The molecule has 0 bridgehead atoms. The Kier molecular flexibility index (Phi) is 7.99. The molecule has 1 aromatic carbocycles. The zero-order valence-corrected chi connectivity index (χ0v) is 21.0. The number of carbonyl (C=O) groups excluding carboxylic acids is 1. The number of fused-ring (bicyclic) bond motifs is 1. The minimum atomic E-state index is -3.53. The maximum absolute atomic E-state index is 13.0. The molecule has 182 valence electrons. The standard InChI is InChI=1S/C23H33N3O5S2/c1-3-4-13-31-22(27)17(2)32-23-24-20-15-19(33(28,29)25-11-5-6-12-25)9-10-21(20)26(23)16-18-8-7-14-30-18/h9-10,15,17-18H,3-8,11-14,16H2,1-2H3/t17-,18-/m1/s1. The molecule has 0 unspecified atom stereocenters. The summed E-state index contributed by atoms with van der Waals surface area (Å²) in [6, 6.07) is 5.15. The molecule has 8 nitrogen and oxygen atoms in total. The van der Waals surface area contributed by atoms with Crippen molar-refractivity contribution < 1.29 is 22.7 Å². The number of rotatable bonds is 10. The second-order valence-corrected chi connectivity index (χ2v) is 11.9. The summed E-state index contributed by atoms with van der Waals surface area (Å²) in [6.45, 7) is 6.78. The number of sulfonamides is 1. The van der Waals surface area contributed by atoms with E-state index in [2.05, 4.69) is 11.5 Å². The number of benzene rings is 1. The average Bonchev–Trinajstić information content (AvgIpc) is 3.56. The van der Waals surface area contributed by atoms with Gasteiger partial charge in [0.05, 0.1) is 35.2 Å². The van der Waals surface area contributed by atoms with Crippen LogP contribution in [0, 0.1) is 0 Å². The molecule has 0 radical (unpaired) electrons. The van der Waals surface area contributed by atoms with Crippen LogP contribution in [0.5, 0.6) is 0 Å². The Morgan fingerprint density at radius 2 is 2.09 bits per heavy atom. The van der Waals surface area contributed by atoms with Gasteiger partial charge in [-0.05, 0) is 57.2 Å². The molecule has 10 heteroatoms. The van der Waals surface area contributed by atoms with Crippen molar-refractivity contribution in [2.24, 2.45) is 0 Å². The highest BCUT2D eigenvalue weighted by atomic mass is 32.2. The van der Waals surface area contributed by atoms with Crippen LogP contribution in [0.3, 0.4) is 0 Å². The zero-order chi connectivity index (χ0) is 23.4. The molecule has 0 spiro atoms. The molecular weight excluding hydrogens is 462 g/mol.